The fourth-order valence-electron chi connectivity index (χ4n) is 3.47. The van der Waals surface area contributed by atoms with Crippen molar-refractivity contribution in [1.82, 2.24) is 14.2 Å². The Bertz CT molecular complexity index is 1010. The molecule has 30 heavy (non-hydrogen) atoms. The van der Waals surface area contributed by atoms with E-state index in [2.05, 4.69) is 9.88 Å². The van der Waals surface area contributed by atoms with Crippen molar-refractivity contribution >= 4 is 21.4 Å². The largest absolute Gasteiger partial charge is 0.394 e. The number of ether oxygens (including phenoxy) is 1. The van der Waals surface area contributed by atoms with E-state index >= 15 is 0 Å². The fourth-order valence-corrected chi connectivity index (χ4v) is 6.43. The maximum Gasteiger partial charge on any atom is 0.252 e. The number of nitrogens with one attached hydrogen (secondary N) is 1. The summed E-state index contributed by atoms with van der Waals surface area (Å²) in [6, 6.07) is 5.32. The molecule has 3 heterocycles. The van der Waals surface area contributed by atoms with Gasteiger partial charge in [0.2, 0.25) is 0 Å². The van der Waals surface area contributed by atoms with Gasteiger partial charge in [0.15, 0.2) is 0 Å². The Morgan fingerprint density at radius 3 is 2.60 bits per heavy atom. The van der Waals surface area contributed by atoms with Gasteiger partial charge >= 0.3 is 0 Å². The van der Waals surface area contributed by atoms with Crippen molar-refractivity contribution in [2.75, 3.05) is 52.5 Å². The molecule has 10 heteroatoms. The molecule has 2 aromatic heterocycles. The van der Waals surface area contributed by atoms with Crippen molar-refractivity contribution in [3.05, 3.63) is 39.8 Å². The van der Waals surface area contributed by atoms with Gasteiger partial charge in [0.05, 0.1) is 19.8 Å². The lowest BCUT2D eigenvalue weighted by atomic mass is 10.1. The summed E-state index contributed by atoms with van der Waals surface area (Å²) >= 11 is 1.24. The number of piperazine rings is 1. The Morgan fingerprint density at radius 2 is 1.93 bits per heavy atom. The van der Waals surface area contributed by atoms with E-state index in [1.807, 2.05) is 26.0 Å². The zero-order chi connectivity index (χ0) is 21.7. The summed E-state index contributed by atoms with van der Waals surface area (Å²) < 4.78 is 33.4. The number of aliphatic hydroxyl groups is 1. The fraction of sp³-hybridized carbons (Fsp3) is 0.550. The van der Waals surface area contributed by atoms with Gasteiger partial charge in [-0.15, -0.1) is 11.3 Å². The number of thiophene rings is 1. The first-order valence-electron chi connectivity index (χ1n) is 10.1. The maximum atomic E-state index is 13.1. The first kappa shape index (κ1) is 23.1. The highest BCUT2D eigenvalue weighted by Gasteiger charge is 2.29. The Balaban J connectivity index is 1.69. The van der Waals surface area contributed by atoms with Crippen molar-refractivity contribution in [1.29, 1.82) is 0 Å². The molecule has 2 aromatic rings. The molecule has 1 fully saturated rings. The lowest BCUT2D eigenvalue weighted by molar-refractivity contribution is 0.0661. The van der Waals surface area contributed by atoms with Crippen molar-refractivity contribution < 1.29 is 18.3 Å². The molecule has 0 spiro atoms. The molecule has 0 radical (unpaired) electrons. The number of hydrogen-bond donors (Lipinski definition) is 2. The van der Waals surface area contributed by atoms with E-state index < -0.39 is 10.0 Å². The summed E-state index contributed by atoms with van der Waals surface area (Å²) in [6.45, 7) is 7.51. The Labute approximate surface area is 181 Å². The number of sulfonamides is 1. The predicted octanol–water partition coefficient (Wildman–Crippen LogP) is 1.29. The molecule has 0 aromatic carbocycles. The van der Waals surface area contributed by atoms with E-state index in [0.717, 1.165) is 22.7 Å². The first-order valence-corrected chi connectivity index (χ1v) is 12.4. The molecular weight excluding hydrogens is 426 g/mol. The summed E-state index contributed by atoms with van der Waals surface area (Å²) in [5.41, 5.74) is 2.20. The molecule has 0 atom stereocenters. The normalized spacial score (nSPS) is 16.2. The lowest BCUT2D eigenvalue weighted by Gasteiger charge is -2.33. The highest BCUT2D eigenvalue weighted by Crippen LogP contribution is 2.33. The molecule has 0 saturated carbocycles. The average molecular weight is 456 g/mol. The molecule has 1 aliphatic heterocycles. The lowest BCUT2D eigenvalue weighted by Crippen LogP contribution is -2.49. The van der Waals surface area contributed by atoms with Crippen LogP contribution in [0.1, 0.15) is 18.2 Å². The van der Waals surface area contributed by atoms with Crippen LogP contribution in [-0.2, 0) is 21.2 Å². The van der Waals surface area contributed by atoms with Gasteiger partial charge in [-0.1, -0.05) is 6.92 Å². The number of pyridine rings is 1. The van der Waals surface area contributed by atoms with Crippen molar-refractivity contribution in [3.63, 3.8) is 0 Å². The number of aromatic nitrogens is 1. The second kappa shape index (κ2) is 10.2. The van der Waals surface area contributed by atoms with Gasteiger partial charge in [-0.2, -0.15) is 4.31 Å². The van der Waals surface area contributed by atoms with E-state index in [1.165, 1.54) is 15.6 Å². The minimum absolute atomic E-state index is 0.00711. The molecule has 166 valence electrons. The van der Waals surface area contributed by atoms with Crippen LogP contribution < -0.4 is 5.56 Å². The van der Waals surface area contributed by atoms with E-state index in [-0.39, 0.29) is 12.2 Å². The number of nitrogens with zero attached hydrogens (tertiary/aromatic N) is 2. The van der Waals surface area contributed by atoms with Crippen LogP contribution in [0, 0.1) is 6.92 Å². The number of aromatic amines is 1. The molecular formula is C20H29N3O5S2. The van der Waals surface area contributed by atoms with Crippen LogP contribution in [0.4, 0.5) is 0 Å². The number of H-pyrrole nitrogens is 1. The predicted molar refractivity (Wildman–Crippen MR) is 118 cm³/mol. The molecule has 2 N–H and O–H groups in total. The summed E-state index contributed by atoms with van der Waals surface area (Å²) in [5, 5.41) is 8.74. The van der Waals surface area contributed by atoms with Gasteiger partial charge in [-0.25, -0.2) is 8.42 Å². The van der Waals surface area contributed by atoms with Gasteiger partial charge in [0.25, 0.3) is 15.6 Å². The van der Waals surface area contributed by atoms with Crippen LogP contribution >= 0.6 is 11.3 Å². The topological polar surface area (TPSA) is 103 Å². The third-order valence-corrected chi connectivity index (χ3v) is 8.74. The minimum Gasteiger partial charge on any atom is -0.394 e. The number of aryl methyl sites for hydroxylation is 2. The van der Waals surface area contributed by atoms with Gasteiger partial charge < -0.3 is 14.8 Å². The van der Waals surface area contributed by atoms with E-state index in [1.54, 1.807) is 6.07 Å². The second-order valence-electron chi connectivity index (χ2n) is 7.22. The highest BCUT2D eigenvalue weighted by atomic mass is 32.2. The summed E-state index contributed by atoms with van der Waals surface area (Å²) in [7, 11) is -3.55. The number of rotatable bonds is 9. The molecule has 8 nitrogen and oxygen atoms in total. The van der Waals surface area contributed by atoms with Gasteiger partial charge in [-0.05, 0) is 31.5 Å². The van der Waals surface area contributed by atoms with Gasteiger partial charge in [0, 0.05) is 54.4 Å². The van der Waals surface area contributed by atoms with Crippen molar-refractivity contribution in [2.24, 2.45) is 0 Å². The molecule has 0 amide bonds. The molecule has 0 aliphatic carbocycles. The standard InChI is InChI=1S/C20H29N3O5S2/c1-3-16-14-17(15(2)21-20(16)25)18-4-5-19(29-18)30(26,27)23-8-6-22(7-9-23)10-12-28-13-11-24/h4-5,14,24H,3,6-13H2,1-2H3,(H,21,25). The minimum atomic E-state index is -3.55. The van der Waals surface area contributed by atoms with E-state index in [0.29, 0.717) is 55.6 Å². The third kappa shape index (κ3) is 5.19. The SMILES string of the molecule is CCc1cc(-c2ccc(S(=O)(=O)N3CCN(CCOCCO)CC3)s2)c(C)[nH]c1=O. The smallest absolute Gasteiger partial charge is 0.252 e. The molecule has 1 aliphatic rings. The van der Waals surface area contributed by atoms with Crippen LogP contribution in [0.2, 0.25) is 0 Å². The zero-order valence-electron chi connectivity index (χ0n) is 17.4. The van der Waals surface area contributed by atoms with Crippen molar-refractivity contribution in [3.8, 4) is 10.4 Å². The summed E-state index contributed by atoms with van der Waals surface area (Å²) in [6.07, 6.45) is 0.620. The van der Waals surface area contributed by atoms with Crippen LogP contribution in [0.3, 0.4) is 0 Å². The average Bonchev–Trinajstić information content (AvgIpc) is 3.22. The number of hydrogen-bond acceptors (Lipinski definition) is 7. The van der Waals surface area contributed by atoms with Crippen LogP contribution in [0.15, 0.2) is 27.2 Å². The molecule has 0 unspecified atom stereocenters. The monoisotopic (exact) mass is 455 g/mol. The first-order chi connectivity index (χ1) is 14.4. The summed E-state index contributed by atoms with van der Waals surface area (Å²) in [4.78, 5) is 17.8. The maximum absolute atomic E-state index is 13.1. The van der Waals surface area contributed by atoms with Gasteiger partial charge in [-0.3, -0.25) is 9.69 Å². The van der Waals surface area contributed by atoms with Gasteiger partial charge in [0.1, 0.15) is 4.21 Å². The third-order valence-electron chi connectivity index (χ3n) is 5.26. The van der Waals surface area contributed by atoms with Crippen LogP contribution in [0.25, 0.3) is 10.4 Å². The quantitative estimate of drug-likeness (QED) is 0.553. The van der Waals surface area contributed by atoms with E-state index in [9.17, 15) is 13.2 Å². The zero-order valence-corrected chi connectivity index (χ0v) is 19.0. The van der Waals surface area contributed by atoms with Crippen molar-refractivity contribution in [2.45, 2.75) is 24.5 Å². The highest BCUT2D eigenvalue weighted by molar-refractivity contribution is 7.91. The Kier molecular flexibility index (Phi) is 7.83. The Hall–Kier alpha value is -1.56. The van der Waals surface area contributed by atoms with Crippen LogP contribution in [-0.4, -0.2) is 80.3 Å². The summed E-state index contributed by atoms with van der Waals surface area (Å²) in [5.74, 6) is 0. The number of aliphatic hydroxyl groups excluding tert-OH is 1. The van der Waals surface area contributed by atoms with Crippen LogP contribution in [0.5, 0.6) is 0 Å². The molecule has 0 bridgehead atoms. The van der Waals surface area contributed by atoms with E-state index in [4.69, 9.17) is 9.84 Å². The molecule has 1 saturated heterocycles. The Morgan fingerprint density at radius 1 is 1.20 bits per heavy atom. The second-order valence-corrected chi connectivity index (χ2v) is 10.5. The molecule has 3 rings (SSSR count).